The average Bonchev–Trinajstić information content (AvgIpc) is 3.48. The highest BCUT2D eigenvalue weighted by Crippen LogP contribution is 2.21. The van der Waals surface area contributed by atoms with Crippen molar-refractivity contribution in [2.75, 3.05) is 20.2 Å². The number of ether oxygens (including phenoxy) is 1. The summed E-state index contributed by atoms with van der Waals surface area (Å²) >= 11 is 1.41. The first-order valence-corrected chi connectivity index (χ1v) is 12.9. The lowest BCUT2D eigenvalue weighted by Gasteiger charge is -2.37. The van der Waals surface area contributed by atoms with Gasteiger partial charge < -0.3 is 19.1 Å². The van der Waals surface area contributed by atoms with Crippen LogP contribution in [0.3, 0.4) is 0 Å². The van der Waals surface area contributed by atoms with Gasteiger partial charge in [-0.2, -0.15) is 0 Å². The number of rotatable bonds is 10. The van der Waals surface area contributed by atoms with Gasteiger partial charge in [0.25, 0.3) is 5.91 Å². The topological polar surface area (TPSA) is 54.8 Å². The van der Waals surface area contributed by atoms with Crippen LogP contribution < -0.4 is 4.74 Å². The van der Waals surface area contributed by atoms with Crippen molar-refractivity contribution in [2.45, 2.75) is 53.2 Å². The number of benzene rings is 1. The Morgan fingerprint density at radius 1 is 1.09 bits per heavy atom. The van der Waals surface area contributed by atoms with E-state index >= 15 is 0 Å². The fourth-order valence-electron chi connectivity index (χ4n) is 4.04. The van der Waals surface area contributed by atoms with Gasteiger partial charge in [-0.05, 0) is 68.0 Å². The van der Waals surface area contributed by atoms with Gasteiger partial charge in [0.1, 0.15) is 12.3 Å². The number of nitrogens with zero attached hydrogens (tertiary/aromatic N) is 3. The van der Waals surface area contributed by atoms with Gasteiger partial charge in [-0.15, -0.1) is 11.3 Å². The zero-order valence-electron chi connectivity index (χ0n) is 21.7. The number of methoxy groups -OCH3 is 1. The molecule has 2 aromatic heterocycles. The van der Waals surface area contributed by atoms with Crippen LogP contribution in [0.15, 0.2) is 60.1 Å². The molecule has 2 heterocycles. The van der Waals surface area contributed by atoms with E-state index in [-0.39, 0.29) is 24.3 Å². The Bertz CT molecular complexity index is 1110. The van der Waals surface area contributed by atoms with Gasteiger partial charge in [0.2, 0.25) is 5.91 Å². The van der Waals surface area contributed by atoms with Gasteiger partial charge in [-0.25, -0.2) is 0 Å². The highest BCUT2D eigenvalue weighted by atomic mass is 32.1. The number of carbonyl (C=O) groups excluding carboxylic acids is 2. The van der Waals surface area contributed by atoms with E-state index in [0.717, 1.165) is 17.0 Å². The molecule has 7 heteroatoms. The smallest absolute Gasteiger partial charge is 0.264 e. The van der Waals surface area contributed by atoms with E-state index in [0.29, 0.717) is 24.5 Å². The van der Waals surface area contributed by atoms with E-state index in [4.69, 9.17) is 4.74 Å². The molecule has 0 saturated heterocycles. The van der Waals surface area contributed by atoms with E-state index in [1.54, 1.807) is 12.0 Å². The second kappa shape index (κ2) is 11.6. The first-order valence-electron chi connectivity index (χ1n) is 12.0. The molecule has 0 bridgehead atoms. The van der Waals surface area contributed by atoms with Crippen LogP contribution in [0, 0.1) is 5.92 Å². The molecule has 0 N–H and O–H groups in total. The molecule has 0 radical (unpaired) electrons. The SMILES string of the molecule is COc1cccc(Cn2cccc2CN(C(=O)CN(CC(C)C)C(=O)c2cccs2)C(C)(C)C)c1. The number of aromatic nitrogens is 1. The minimum atomic E-state index is -0.405. The van der Waals surface area contributed by atoms with Crippen LogP contribution in [-0.4, -0.2) is 51.9 Å². The summed E-state index contributed by atoms with van der Waals surface area (Å²) in [5, 5.41) is 1.89. The maximum Gasteiger partial charge on any atom is 0.264 e. The normalized spacial score (nSPS) is 11.5. The van der Waals surface area contributed by atoms with Crippen molar-refractivity contribution in [3.8, 4) is 5.75 Å². The lowest BCUT2D eigenvalue weighted by atomic mass is 10.0. The van der Waals surface area contributed by atoms with Crippen molar-refractivity contribution in [3.05, 3.63) is 76.2 Å². The van der Waals surface area contributed by atoms with E-state index in [1.165, 1.54) is 11.3 Å². The Labute approximate surface area is 213 Å². The molecule has 0 fully saturated rings. The molecule has 0 saturated carbocycles. The molecule has 3 aromatic rings. The van der Waals surface area contributed by atoms with Crippen LogP contribution in [0.25, 0.3) is 0 Å². The molecule has 2 amide bonds. The van der Waals surface area contributed by atoms with Gasteiger partial charge in [-0.1, -0.05) is 32.0 Å². The van der Waals surface area contributed by atoms with Crippen molar-refractivity contribution in [2.24, 2.45) is 5.92 Å². The summed E-state index contributed by atoms with van der Waals surface area (Å²) in [7, 11) is 1.67. The quantitative estimate of drug-likeness (QED) is 0.372. The monoisotopic (exact) mass is 495 g/mol. The predicted molar refractivity (Wildman–Crippen MR) is 142 cm³/mol. The number of amides is 2. The molecule has 0 unspecified atom stereocenters. The maximum atomic E-state index is 13.6. The molecule has 0 atom stereocenters. The molecule has 1 aromatic carbocycles. The van der Waals surface area contributed by atoms with Gasteiger partial charge >= 0.3 is 0 Å². The molecule has 188 valence electrons. The number of thiophene rings is 1. The Hall–Kier alpha value is -3.06. The van der Waals surface area contributed by atoms with Gasteiger partial charge in [0, 0.05) is 30.5 Å². The Balaban J connectivity index is 1.80. The average molecular weight is 496 g/mol. The molecule has 6 nitrogen and oxygen atoms in total. The Morgan fingerprint density at radius 2 is 1.86 bits per heavy atom. The highest BCUT2D eigenvalue weighted by Gasteiger charge is 2.30. The number of hydrogen-bond acceptors (Lipinski definition) is 4. The zero-order chi connectivity index (χ0) is 25.6. The van der Waals surface area contributed by atoms with E-state index in [9.17, 15) is 9.59 Å². The predicted octanol–water partition coefficient (Wildman–Crippen LogP) is 5.53. The standard InChI is InChI=1S/C28H37N3O3S/c1-21(2)17-30(27(33)25-13-9-15-35-25)20-26(32)31(28(3,4)5)19-23-11-8-14-29(23)18-22-10-7-12-24(16-22)34-6/h7-16,21H,17-20H2,1-6H3. The molecule has 0 spiro atoms. The third-order valence-electron chi connectivity index (χ3n) is 5.77. The van der Waals surface area contributed by atoms with Crippen molar-refractivity contribution in [1.82, 2.24) is 14.4 Å². The first kappa shape index (κ1) is 26.5. The first-order chi connectivity index (χ1) is 16.6. The lowest BCUT2D eigenvalue weighted by Crippen LogP contribution is -2.50. The van der Waals surface area contributed by atoms with E-state index in [1.807, 2.05) is 73.6 Å². The van der Waals surface area contributed by atoms with Gasteiger partial charge in [0.15, 0.2) is 0 Å². The van der Waals surface area contributed by atoms with Crippen LogP contribution in [0.2, 0.25) is 0 Å². The third-order valence-corrected chi connectivity index (χ3v) is 6.63. The lowest BCUT2D eigenvalue weighted by molar-refractivity contribution is -0.137. The summed E-state index contributed by atoms with van der Waals surface area (Å²) in [6.07, 6.45) is 2.03. The highest BCUT2D eigenvalue weighted by molar-refractivity contribution is 7.12. The largest absolute Gasteiger partial charge is 0.497 e. The summed E-state index contributed by atoms with van der Waals surface area (Å²) in [5.41, 5.74) is 1.76. The fourth-order valence-corrected chi connectivity index (χ4v) is 4.73. The van der Waals surface area contributed by atoms with Crippen molar-refractivity contribution in [1.29, 1.82) is 0 Å². The second-order valence-electron chi connectivity index (χ2n) is 10.2. The second-order valence-corrected chi connectivity index (χ2v) is 11.1. The van der Waals surface area contributed by atoms with Crippen LogP contribution in [0.1, 0.15) is 55.5 Å². The minimum Gasteiger partial charge on any atom is -0.497 e. The van der Waals surface area contributed by atoms with Crippen LogP contribution >= 0.6 is 11.3 Å². The molecular weight excluding hydrogens is 458 g/mol. The van der Waals surface area contributed by atoms with Gasteiger partial charge in [-0.3, -0.25) is 9.59 Å². The van der Waals surface area contributed by atoms with Crippen LogP contribution in [-0.2, 0) is 17.9 Å². The van der Waals surface area contributed by atoms with Gasteiger partial charge in [0.05, 0.1) is 18.5 Å². The molecule has 0 aliphatic carbocycles. The number of carbonyl (C=O) groups is 2. The van der Waals surface area contributed by atoms with E-state index < -0.39 is 5.54 Å². The molecule has 35 heavy (non-hydrogen) atoms. The summed E-state index contributed by atoms with van der Waals surface area (Å²) < 4.78 is 7.52. The minimum absolute atomic E-state index is 0.0582. The summed E-state index contributed by atoms with van der Waals surface area (Å²) in [5.74, 6) is 0.938. The zero-order valence-corrected chi connectivity index (χ0v) is 22.5. The molecule has 0 aliphatic rings. The molecular formula is C28H37N3O3S. The molecule has 0 aliphatic heterocycles. The summed E-state index contributed by atoms with van der Waals surface area (Å²) in [4.78, 5) is 31.0. The van der Waals surface area contributed by atoms with E-state index in [2.05, 4.69) is 30.5 Å². The summed E-state index contributed by atoms with van der Waals surface area (Å²) in [6, 6.07) is 15.7. The summed E-state index contributed by atoms with van der Waals surface area (Å²) in [6.45, 7) is 12.0. The van der Waals surface area contributed by atoms with Crippen molar-refractivity contribution < 1.29 is 14.3 Å². The third kappa shape index (κ3) is 7.21. The Kier molecular flexibility index (Phi) is 8.78. The van der Waals surface area contributed by atoms with Crippen molar-refractivity contribution in [3.63, 3.8) is 0 Å². The van der Waals surface area contributed by atoms with Crippen LogP contribution in [0.5, 0.6) is 5.75 Å². The maximum absolute atomic E-state index is 13.6. The van der Waals surface area contributed by atoms with Crippen molar-refractivity contribution >= 4 is 23.2 Å². The fraction of sp³-hybridized carbons (Fsp3) is 0.429. The Morgan fingerprint density at radius 3 is 2.49 bits per heavy atom. The molecule has 3 rings (SSSR count). The van der Waals surface area contributed by atoms with Crippen LogP contribution in [0.4, 0.5) is 0 Å². The number of hydrogen-bond donors (Lipinski definition) is 0.